The molecule has 0 aliphatic rings. The van der Waals surface area contributed by atoms with Crippen LogP contribution in [0.4, 0.5) is 93.5 Å². The normalized spacial score (nSPS) is 11.6. The Kier molecular flexibility index (Phi) is 8.92. The zero-order valence-corrected chi connectivity index (χ0v) is 23.2. The Bertz CT molecular complexity index is 2270. The first-order chi connectivity index (χ1) is 23.6. The lowest BCUT2D eigenvalue weighted by Gasteiger charge is -2.25. The van der Waals surface area contributed by atoms with Crippen LogP contribution in [-0.4, -0.2) is 0 Å². The fourth-order valence-corrected chi connectivity index (χ4v) is 4.99. The summed E-state index contributed by atoms with van der Waals surface area (Å²) in [7, 11) is 0. The molecule has 0 aliphatic heterocycles. The van der Waals surface area contributed by atoms with Gasteiger partial charge in [0, 0.05) is 22.4 Å². The lowest BCUT2D eigenvalue weighted by atomic mass is 9.80. The number of hydrogen-bond donors (Lipinski definition) is 1. The molecule has 0 aliphatic carbocycles. The molecule has 0 saturated heterocycles. The smallest absolute Gasteiger partial charge is 0.200 e. The fourth-order valence-electron chi connectivity index (χ4n) is 4.99. The molecule has 2 N–H and O–H groups in total. The molecule has 0 amide bonds. The highest BCUT2D eigenvalue weighted by Gasteiger charge is 2.40. The van der Waals surface area contributed by atoms with Gasteiger partial charge in [-0.05, 0) is 11.6 Å². The predicted molar refractivity (Wildman–Crippen MR) is 132 cm³/mol. The molecule has 1 nitrogen and oxygen atoms in total. The molecule has 0 saturated carbocycles. The van der Waals surface area contributed by atoms with E-state index in [0.717, 1.165) is 0 Å². The van der Waals surface area contributed by atoms with Crippen LogP contribution in [0, 0.1) is 116 Å². The van der Waals surface area contributed by atoms with Gasteiger partial charge < -0.3 is 5.73 Å². The molecule has 268 valence electrons. The topological polar surface area (TPSA) is 26.0 Å². The van der Waals surface area contributed by atoms with E-state index in [1.807, 2.05) is 0 Å². The minimum atomic E-state index is -3.23. The van der Waals surface area contributed by atoms with Crippen LogP contribution < -0.4 is 5.73 Å². The van der Waals surface area contributed by atoms with E-state index in [1.54, 1.807) is 0 Å². The summed E-state index contributed by atoms with van der Waals surface area (Å²) in [5.74, 6) is -62.3. The summed E-state index contributed by atoms with van der Waals surface area (Å²) in [4.78, 5) is 0. The van der Waals surface area contributed by atoms with Crippen LogP contribution in [0.15, 0.2) is 6.07 Å². The summed E-state index contributed by atoms with van der Waals surface area (Å²) in [6.45, 7) is 0. The Morgan fingerprint density at radius 2 is 0.412 bits per heavy atom. The van der Waals surface area contributed by atoms with E-state index in [9.17, 15) is 52.7 Å². The van der Waals surface area contributed by atoms with Gasteiger partial charge in [-0.2, -0.15) is 0 Å². The first-order valence-electron chi connectivity index (χ1n) is 12.6. The molecule has 0 aromatic heterocycles. The summed E-state index contributed by atoms with van der Waals surface area (Å²) in [5, 5.41) is 0. The maximum Gasteiger partial charge on any atom is 0.200 e. The van der Waals surface area contributed by atoms with Gasteiger partial charge in [-0.3, -0.25) is 0 Å². The molecule has 5 aromatic carbocycles. The first-order valence-corrected chi connectivity index (χ1v) is 12.6. The van der Waals surface area contributed by atoms with Gasteiger partial charge in [-0.25, -0.2) is 87.8 Å². The van der Waals surface area contributed by atoms with Gasteiger partial charge in [-0.15, -0.1) is 0 Å². The average Bonchev–Trinajstić information content (AvgIpc) is 3.10. The third-order valence-electron chi connectivity index (χ3n) is 7.22. The highest BCUT2D eigenvalue weighted by molar-refractivity contribution is 6.06. The number of anilines is 1. The second-order valence-electron chi connectivity index (χ2n) is 9.92. The number of benzene rings is 5. The highest BCUT2D eigenvalue weighted by Crippen LogP contribution is 2.54. The second kappa shape index (κ2) is 12.4. The molecule has 0 spiro atoms. The average molecular weight is 757 g/mol. The molecular formula is C30H3F20N. The van der Waals surface area contributed by atoms with Gasteiger partial charge in [0.25, 0.3) is 0 Å². The van der Waals surface area contributed by atoms with Gasteiger partial charge in [0.2, 0.25) is 23.3 Å². The minimum Gasteiger partial charge on any atom is -0.398 e. The van der Waals surface area contributed by atoms with Crippen molar-refractivity contribution >= 4 is 5.69 Å². The van der Waals surface area contributed by atoms with Gasteiger partial charge in [-0.1, -0.05) is 0 Å². The monoisotopic (exact) mass is 757 g/mol. The van der Waals surface area contributed by atoms with E-state index in [-0.39, 0.29) is 0 Å². The summed E-state index contributed by atoms with van der Waals surface area (Å²) in [5.41, 5.74) is -17.1. The molecule has 0 radical (unpaired) electrons. The number of nitrogen functional groups attached to an aromatic ring is 1. The maximum absolute atomic E-state index is 15.5. The van der Waals surface area contributed by atoms with Crippen LogP contribution in [0.5, 0.6) is 0 Å². The van der Waals surface area contributed by atoms with Gasteiger partial charge >= 0.3 is 0 Å². The first kappa shape index (κ1) is 36.8. The van der Waals surface area contributed by atoms with E-state index in [1.165, 1.54) is 0 Å². The van der Waals surface area contributed by atoms with E-state index in [0.29, 0.717) is 0 Å². The third kappa shape index (κ3) is 5.02. The van der Waals surface area contributed by atoms with Crippen molar-refractivity contribution in [1.29, 1.82) is 0 Å². The maximum atomic E-state index is 15.5. The van der Waals surface area contributed by atoms with E-state index in [2.05, 4.69) is 0 Å². The van der Waals surface area contributed by atoms with Crippen molar-refractivity contribution in [3.8, 4) is 44.5 Å². The Morgan fingerprint density at radius 3 is 0.686 bits per heavy atom. The van der Waals surface area contributed by atoms with Crippen LogP contribution in [0.1, 0.15) is 0 Å². The van der Waals surface area contributed by atoms with Crippen LogP contribution in [-0.2, 0) is 0 Å². The predicted octanol–water partition coefficient (Wildman–Crippen LogP) is 10.7. The van der Waals surface area contributed by atoms with E-state index in [4.69, 9.17) is 5.73 Å². The van der Waals surface area contributed by atoms with Crippen molar-refractivity contribution in [1.82, 2.24) is 0 Å². The molecule has 0 fully saturated rings. The van der Waals surface area contributed by atoms with Crippen molar-refractivity contribution in [2.75, 3.05) is 5.73 Å². The molecule has 0 unspecified atom stereocenters. The van der Waals surface area contributed by atoms with Crippen molar-refractivity contribution in [2.45, 2.75) is 0 Å². The SMILES string of the molecule is Nc1cc(-c2c(F)c(F)c(F)c(F)c2F)c(-c2c(F)c(F)c(F)c(F)c2F)c(-c2c(F)c(F)c(F)c(F)c2F)c1-c1c(F)c(F)c(F)c(F)c1F. The number of nitrogens with two attached hydrogens (primary N) is 1. The Labute approximate surface area is 266 Å². The number of halogens is 20. The fraction of sp³-hybridized carbons (Fsp3) is 0. The van der Waals surface area contributed by atoms with Crippen molar-refractivity contribution in [3.05, 3.63) is 122 Å². The zero-order valence-electron chi connectivity index (χ0n) is 23.2. The van der Waals surface area contributed by atoms with E-state index < -0.39 is 173 Å². The van der Waals surface area contributed by atoms with Crippen LogP contribution in [0.2, 0.25) is 0 Å². The molecule has 0 heterocycles. The summed E-state index contributed by atoms with van der Waals surface area (Å²) >= 11 is 0. The Hall–Kier alpha value is -5.50. The van der Waals surface area contributed by atoms with E-state index >= 15 is 35.1 Å². The van der Waals surface area contributed by atoms with Crippen molar-refractivity contribution in [2.24, 2.45) is 0 Å². The minimum absolute atomic E-state index is 0.436. The van der Waals surface area contributed by atoms with Gasteiger partial charge in [0.15, 0.2) is 93.1 Å². The standard InChI is InChI=1S/C30H3F20N/c31-11-5(12(32)20(40)27(47)19(11)39)2-1-3(51)6(9-15(35)23(43)29(49)24(44)16(9)36)7(10-17(37)25(45)30(50)26(46)18(10)38)4(2)8-13(33)21(41)28(48)22(42)14(8)34/h1H,51H2. The summed E-state index contributed by atoms with van der Waals surface area (Å²) < 4.78 is 294. The largest absolute Gasteiger partial charge is 0.398 e. The molecule has 5 rings (SSSR count). The number of rotatable bonds is 4. The quantitative estimate of drug-likeness (QED) is 0.0840. The molecule has 5 aromatic rings. The Morgan fingerprint density at radius 1 is 0.216 bits per heavy atom. The lowest BCUT2D eigenvalue weighted by Crippen LogP contribution is -2.13. The lowest BCUT2D eigenvalue weighted by molar-refractivity contribution is 0.379. The third-order valence-corrected chi connectivity index (χ3v) is 7.22. The van der Waals surface area contributed by atoms with Crippen LogP contribution >= 0.6 is 0 Å². The summed E-state index contributed by atoms with van der Waals surface area (Å²) in [6.07, 6.45) is 0. The molecule has 0 atom stereocenters. The van der Waals surface area contributed by atoms with Gasteiger partial charge in [0.05, 0.1) is 22.3 Å². The van der Waals surface area contributed by atoms with Crippen molar-refractivity contribution in [3.63, 3.8) is 0 Å². The molecule has 21 heteroatoms. The van der Waals surface area contributed by atoms with Crippen LogP contribution in [0.3, 0.4) is 0 Å². The Balaban J connectivity index is 2.31. The molecular weight excluding hydrogens is 754 g/mol. The zero-order chi connectivity index (χ0) is 38.5. The molecule has 51 heavy (non-hydrogen) atoms. The molecule has 0 bridgehead atoms. The second-order valence-corrected chi connectivity index (χ2v) is 9.92. The number of hydrogen-bond acceptors (Lipinski definition) is 1. The highest BCUT2D eigenvalue weighted by atomic mass is 19.2. The van der Waals surface area contributed by atoms with Crippen molar-refractivity contribution < 1.29 is 87.8 Å². The van der Waals surface area contributed by atoms with Crippen LogP contribution in [0.25, 0.3) is 44.5 Å². The van der Waals surface area contributed by atoms with Gasteiger partial charge in [0.1, 0.15) is 0 Å². The summed E-state index contributed by atoms with van der Waals surface area (Å²) in [6, 6.07) is -0.436.